The Labute approximate surface area is 202 Å². The molecule has 0 unspecified atom stereocenters. The fourth-order valence-corrected chi connectivity index (χ4v) is 5.50. The molecular weight excluding hydrogens is 460 g/mol. The van der Waals surface area contributed by atoms with Gasteiger partial charge in [-0.1, -0.05) is 29.8 Å². The third-order valence-corrected chi connectivity index (χ3v) is 7.21. The fourth-order valence-electron chi connectivity index (χ4n) is 4.90. The molecule has 0 aromatic heterocycles. The number of para-hydroxylation sites is 1. The van der Waals surface area contributed by atoms with E-state index < -0.39 is 0 Å². The van der Waals surface area contributed by atoms with E-state index in [-0.39, 0.29) is 11.8 Å². The van der Waals surface area contributed by atoms with Crippen molar-refractivity contribution in [3.8, 4) is 11.1 Å². The molecule has 2 heterocycles. The molecule has 0 radical (unpaired) electrons. The van der Waals surface area contributed by atoms with Crippen LogP contribution in [0.15, 0.2) is 48.5 Å². The summed E-state index contributed by atoms with van der Waals surface area (Å²) in [5.41, 5.74) is 6.22. The molecular formula is C26H25Cl2FN3O+. The van der Waals surface area contributed by atoms with E-state index in [1.807, 2.05) is 25.1 Å². The lowest BCUT2D eigenvalue weighted by molar-refractivity contribution is -0.287. The van der Waals surface area contributed by atoms with Crippen molar-refractivity contribution in [2.75, 3.05) is 18.0 Å². The van der Waals surface area contributed by atoms with Crippen LogP contribution in [0.2, 0.25) is 10.0 Å². The van der Waals surface area contributed by atoms with E-state index in [4.69, 9.17) is 23.2 Å². The van der Waals surface area contributed by atoms with Gasteiger partial charge in [0.15, 0.2) is 11.6 Å². The van der Waals surface area contributed by atoms with Crippen LogP contribution in [0.5, 0.6) is 0 Å². The van der Waals surface area contributed by atoms with Gasteiger partial charge in [-0.05, 0) is 79.7 Å². The van der Waals surface area contributed by atoms with Gasteiger partial charge < -0.3 is 10.6 Å². The molecule has 2 aliphatic rings. The summed E-state index contributed by atoms with van der Waals surface area (Å²) in [7, 11) is 0. The van der Waals surface area contributed by atoms with Crippen molar-refractivity contribution in [1.82, 2.24) is 10.6 Å². The van der Waals surface area contributed by atoms with Gasteiger partial charge >= 0.3 is 6.03 Å². The Kier molecular flexibility index (Phi) is 6.04. The van der Waals surface area contributed by atoms with Crippen LogP contribution in [-0.2, 0) is 6.54 Å². The third kappa shape index (κ3) is 4.10. The first-order valence-electron chi connectivity index (χ1n) is 11.1. The van der Waals surface area contributed by atoms with Crippen LogP contribution in [0.1, 0.15) is 35.4 Å². The number of benzene rings is 3. The van der Waals surface area contributed by atoms with Gasteiger partial charge in [0.25, 0.3) is 0 Å². The molecule has 4 nitrogen and oxygen atoms in total. The fraction of sp³-hybridized carbons (Fsp3) is 0.269. The number of piperidine rings is 1. The minimum atomic E-state index is -0.377. The number of rotatable bonds is 3. The standard InChI is InChI=1S/C26H24Cl2FN3O/c1-15-3-2-4-22(27)25(15)32-24-12-17(16-7-9-30-10-8-16)11-20(21(24)14-31-26(32)33)19-6-5-18(29)13-23(19)28/h2-6,11-13,16,27,30H,7-10,14H2,1H3/p+1. The van der Waals surface area contributed by atoms with E-state index in [1.54, 1.807) is 11.0 Å². The highest BCUT2D eigenvalue weighted by atomic mass is 35.5. The minimum absolute atomic E-state index is 0.207. The largest absolute Gasteiger partial charge is 0.333 e. The quantitative estimate of drug-likeness (QED) is 0.480. The van der Waals surface area contributed by atoms with Gasteiger partial charge in [-0.25, -0.2) is 9.18 Å². The average Bonchev–Trinajstić information content (AvgIpc) is 2.80. The summed E-state index contributed by atoms with van der Waals surface area (Å²) in [4.78, 5) is 14.9. The first kappa shape index (κ1) is 22.2. The van der Waals surface area contributed by atoms with Crippen LogP contribution < -0.4 is 15.5 Å². The van der Waals surface area contributed by atoms with Crippen LogP contribution >= 0.6 is 11.6 Å². The number of urea groups is 1. The summed E-state index contributed by atoms with van der Waals surface area (Å²) >= 11 is 12.1. The molecule has 0 spiro atoms. The number of nitrogens with zero attached hydrogens (tertiary/aromatic N) is 1. The van der Waals surface area contributed by atoms with Crippen molar-refractivity contribution >= 4 is 29.0 Å². The zero-order chi connectivity index (χ0) is 23.1. The molecule has 0 bridgehead atoms. The second kappa shape index (κ2) is 8.98. The zero-order valence-corrected chi connectivity index (χ0v) is 19.8. The molecule has 3 aromatic rings. The summed E-state index contributed by atoms with van der Waals surface area (Å²) < 4.78 is 13.8. The number of anilines is 2. The van der Waals surface area contributed by atoms with Crippen LogP contribution in [0.4, 0.5) is 20.6 Å². The molecule has 1 saturated heterocycles. The Morgan fingerprint density at radius 3 is 2.61 bits per heavy atom. The lowest BCUT2D eigenvalue weighted by Gasteiger charge is -2.34. The summed E-state index contributed by atoms with van der Waals surface area (Å²) in [6.07, 6.45) is 2.02. The van der Waals surface area contributed by atoms with Gasteiger partial charge in [0, 0.05) is 23.7 Å². The number of halogens is 3. The highest BCUT2D eigenvalue weighted by Crippen LogP contribution is 2.44. The molecule has 7 heteroatoms. The molecule has 5 rings (SSSR count). The molecule has 170 valence electrons. The molecule has 1 fully saturated rings. The van der Waals surface area contributed by atoms with E-state index in [1.165, 1.54) is 12.1 Å². The van der Waals surface area contributed by atoms with Gasteiger partial charge in [-0.15, -0.1) is 0 Å². The predicted molar refractivity (Wildman–Crippen MR) is 128 cm³/mol. The Hall–Kier alpha value is -2.60. The monoisotopic (exact) mass is 484 g/mol. The second-order valence-corrected chi connectivity index (χ2v) is 9.48. The van der Waals surface area contributed by atoms with Crippen molar-refractivity contribution in [3.63, 3.8) is 0 Å². The predicted octanol–water partition coefficient (Wildman–Crippen LogP) is 5.98. The molecule has 0 atom stereocenters. The molecule has 3 aromatic carbocycles. The Bertz CT molecular complexity index is 1220. The van der Waals surface area contributed by atoms with E-state index >= 15 is 0 Å². The highest BCUT2D eigenvalue weighted by molar-refractivity contribution is 6.33. The van der Waals surface area contributed by atoms with Crippen LogP contribution in [0.3, 0.4) is 0 Å². The number of fused-ring (bicyclic) bond motifs is 1. The van der Waals surface area contributed by atoms with Crippen molar-refractivity contribution < 1.29 is 20.8 Å². The number of carbonyl (C=O) groups is 1. The van der Waals surface area contributed by atoms with Gasteiger partial charge in [0.05, 0.1) is 10.7 Å². The maximum Gasteiger partial charge on any atom is 0.326 e. The Balaban J connectivity index is 1.77. The summed E-state index contributed by atoms with van der Waals surface area (Å²) in [5, 5.41) is 7.38. The molecule has 0 saturated carbocycles. The number of carbonyl (C=O) groups excluding carboxylic acids is 1. The third-order valence-electron chi connectivity index (χ3n) is 6.57. The van der Waals surface area contributed by atoms with E-state index in [0.717, 1.165) is 59.4 Å². The van der Waals surface area contributed by atoms with Gasteiger partial charge in [0.1, 0.15) is 11.5 Å². The SMILES string of the molecule is Cc1cccc([ClH+])c1N1C(=O)NCc2c(-c3ccc(F)cc3Cl)cc(C3CCNCC3)cc21. The molecule has 0 aliphatic carbocycles. The van der Waals surface area contributed by atoms with Gasteiger partial charge in [-0.2, -0.15) is 0 Å². The lowest BCUT2D eigenvalue weighted by atomic mass is 9.85. The first-order valence-corrected chi connectivity index (χ1v) is 11.9. The number of hydrogen-bond acceptors (Lipinski definition) is 2. The van der Waals surface area contributed by atoms with Crippen molar-refractivity contribution in [2.24, 2.45) is 0 Å². The van der Waals surface area contributed by atoms with Gasteiger partial charge in [0.2, 0.25) is 5.02 Å². The highest BCUT2D eigenvalue weighted by Gasteiger charge is 2.33. The normalized spacial score (nSPS) is 16.5. The maximum absolute atomic E-state index is 13.8. The van der Waals surface area contributed by atoms with E-state index in [9.17, 15) is 9.18 Å². The second-order valence-electron chi connectivity index (χ2n) is 8.63. The topological polar surface area (TPSA) is 44.4 Å². The summed E-state index contributed by atoms with van der Waals surface area (Å²) in [6.45, 7) is 4.22. The number of hydrogen-bond donors (Lipinski definition) is 2. The summed E-state index contributed by atoms with van der Waals surface area (Å²) in [5.74, 6) is -0.0149. The van der Waals surface area contributed by atoms with Crippen LogP contribution in [-0.4, -0.2) is 19.1 Å². The van der Waals surface area contributed by atoms with E-state index in [2.05, 4.69) is 22.8 Å². The zero-order valence-electron chi connectivity index (χ0n) is 18.3. The lowest BCUT2D eigenvalue weighted by Crippen LogP contribution is -2.42. The van der Waals surface area contributed by atoms with Crippen LogP contribution in [0.25, 0.3) is 11.1 Å². The molecule has 33 heavy (non-hydrogen) atoms. The Morgan fingerprint density at radius 2 is 1.88 bits per heavy atom. The van der Waals surface area contributed by atoms with E-state index in [0.29, 0.717) is 28.2 Å². The molecule has 2 aliphatic heterocycles. The van der Waals surface area contributed by atoms with Crippen LogP contribution in [0, 0.1) is 24.3 Å². The van der Waals surface area contributed by atoms with Crippen molar-refractivity contribution in [3.05, 3.63) is 81.1 Å². The van der Waals surface area contributed by atoms with Crippen molar-refractivity contribution in [2.45, 2.75) is 32.2 Å². The number of amides is 2. The van der Waals surface area contributed by atoms with Crippen molar-refractivity contribution in [1.29, 1.82) is 0 Å². The maximum atomic E-state index is 13.8. The number of nitrogens with one attached hydrogen (secondary N) is 2. The van der Waals surface area contributed by atoms with Gasteiger partial charge in [-0.3, -0.25) is 4.90 Å². The first-order chi connectivity index (χ1) is 15.9. The minimum Gasteiger partial charge on any atom is -0.333 e. The molecule has 2 N–H and O–H groups in total. The summed E-state index contributed by atoms with van der Waals surface area (Å²) in [6, 6.07) is 14.3. The Morgan fingerprint density at radius 1 is 1.09 bits per heavy atom. The number of aryl methyl sites for hydroxylation is 1. The smallest absolute Gasteiger partial charge is 0.326 e. The molecule has 2 amide bonds. The average molecular weight is 485 g/mol.